The SMILES string of the molecule is C=C(C=CC)CN1N=C(OCCN2CCCC2)C(C)C1C. The topological polar surface area (TPSA) is 28.1 Å². The van der Waals surface area contributed by atoms with Gasteiger partial charge < -0.3 is 4.74 Å². The van der Waals surface area contributed by atoms with Crippen LogP contribution in [-0.4, -0.2) is 54.6 Å². The lowest BCUT2D eigenvalue weighted by molar-refractivity contribution is 0.219. The fourth-order valence-corrected chi connectivity index (χ4v) is 2.89. The number of ether oxygens (including phenoxy) is 1. The first-order valence-electron chi connectivity index (χ1n) is 8.12. The molecule has 0 bridgehead atoms. The summed E-state index contributed by atoms with van der Waals surface area (Å²) in [6, 6.07) is 0.369. The maximum Gasteiger partial charge on any atom is 0.211 e. The van der Waals surface area contributed by atoms with Crippen molar-refractivity contribution in [3.8, 4) is 0 Å². The van der Waals surface area contributed by atoms with Gasteiger partial charge in [-0.15, -0.1) is 5.10 Å². The van der Waals surface area contributed by atoms with Gasteiger partial charge in [-0.3, -0.25) is 9.91 Å². The molecule has 2 unspecified atom stereocenters. The first kappa shape index (κ1) is 16.1. The van der Waals surface area contributed by atoms with Crippen LogP contribution in [0.2, 0.25) is 0 Å². The molecule has 2 aliphatic heterocycles. The van der Waals surface area contributed by atoms with Crippen molar-refractivity contribution in [3.05, 3.63) is 24.3 Å². The third-order valence-electron chi connectivity index (χ3n) is 4.43. The molecule has 2 atom stereocenters. The first-order valence-corrected chi connectivity index (χ1v) is 8.12. The molecule has 21 heavy (non-hydrogen) atoms. The van der Waals surface area contributed by atoms with Gasteiger partial charge >= 0.3 is 0 Å². The minimum atomic E-state index is 0.349. The summed E-state index contributed by atoms with van der Waals surface area (Å²) in [5, 5.41) is 6.75. The molecule has 0 saturated carbocycles. The van der Waals surface area contributed by atoms with E-state index in [1.165, 1.54) is 25.9 Å². The van der Waals surface area contributed by atoms with E-state index in [0.29, 0.717) is 12.0 Å². The van der Waals surface area contributed by atoms with E-state index < -0.39 is 0 Å². The molecule has 0 spiro atoms. The van der Waals surface area contributed by atoms with Crippen molar-refractivity contribution in [2.45, 2.75) is 39.7 Å². The van der Waals surface area contributed by atoms with Crippen LogP contribution in [0.1, 0.15) is 33.6 Å². The molecule has 2 aliphatic rings. The molecule has 0 aromatic rings. The Balaban J connectivity index is 1.81. The number of allylic oxidation sites excluding steroid dienone is 1. The number of rotatable bonds is 6. The molecule has 0 aromatic carbocycles. The average Bonchev–Trinajstić information content (AvgIpc) is 3.04. The monoisotopic (exact) mass is 291 g/mol. The highest BCUT2D eigenvalue weighted by Crippen LogP contribution is 2.23. The van der Waals surface area contributed by atoms with Crippen molar-refractivity contribution in [1.82, 2.24) is 9.91 Å². The summed E-state index contributed by atoms with van der Waals surface area (Å²) in [6.07, 6.45) is 6.72. The zero-order chi connectivity index (χ0) is 15.2. The van der Waals surface area contributed by atoms with Crippen LogP contribution in [0.4, 0.5) is 0 Å². The van der Waals surface area contributed by atoms with Crippen molar-refractivity contribution in [2.75, 3.05) is 32.8 Å². The van der Waals surface area contributed by atoms with Gasteiger partial charge in [0.1, 0.15) is 6.61 Å². The Morgan fingerprint density at radius 2 is 2.10 bits per heavy atom. The van der Waals surface area contributed by atoms with Crippen molar-refractivity contribution < 1.29 is 4.74 Å². The Morgan fingerprint density at radius 1 is 1.38 bits per heavy atom. The van der Waals surface area contributed by atoms with Crippen molar-refractivity contribution >= 4 is 5.90 Å². The van der Waals surface area contributed by atoms with Gasteiger partial charge in [-0.05, 0) is 45.4 Å². The number of likely N-dealkylation sites (tertiary alicyclic amines) is 1. The van der Waals surface area contributed by atoms with Crippen molar-refractivity contribution in [2.24, 2.45) is 11.0 Å². The fraction of sp³-hybridized carbons (Fsp3) is 0.706. The van der Waals surface area contributed by atoms with E-state index in [2.05, 4.69) is 35.4 Å². The quantitative estimate of drug-likeness (QED) is 0.704. The minimum Gasteiger partial charge on any atom is -0.478 e. The largest absolute Gasteiger partial charge is 0.478 e. The lowest BCUT2D eigenvalue weighted by atomic mass is 10.0. The molecule has 4 heteroatoms. The van der Waals surface area contributed by atoms with E-state index in [1.54, 1.807) is 0 Å². The molecule has 2 rings (SSSR count). The smallest absolute Gasteiger partial charge is 0.211 e. The van der Waals surface area contributed by atoms with Crippen LogP contribution in [0.15, 0.2) is 29.4 Å². The lowest BCUT2D eigenvalue weighted by Crippen LogP contribution is -2.31. The molecule has 0 aliphatic carbocycles. The van der Waals surface area contributed by atoms with E-state index in [-0.39, 0.29) is 0 Å². The van der Waals surface area contributed by atoms with Crippen LogP contribution < -0.4 is 0 Å². The normalized spacial score (nSPS) is 26.6. The molecule has 0 radical (unpaired) electrons. The molecule has 4 nitrogen and oxygen atoms in total. The van der Waals surface area contributed by atoms with E-state index in [1.807, 2.05) is 19.1 Å². The fourth-order valence-electron chi connectivity index (χ4n) is 2.89. The summed E-state index contributed by atoms with van der Waals surface area (Å²) < 4.78 is 5.94. The van der Waals surface area contributed by atoms with Crippen LogP contribution in [0, 0.1) is 5.92 Å². The summed E-state index contributed by atoms with van der Waals surface area (Å²) in [5.74, 6) is 1.23. The van der Waals surface area contributed by atoms with Crippen LogP contribution in [0.5, 0.6) is 0 Å². The van der Waals surface area contributed by atoms with E-state index in [0.717, 1.165) is 31.2 Å². The number of hydrogen-bond donors (Lipinski definition) is 0. The first-order chi connectivity index (χ1) is 10.1. The number of hydrazone groups is 1. The highest BCUT2D eigenvalue weighted by atomic mass is 16.5. The Hall–Kier alpha value is -1.29. The summed E-state index contributed by atoms with van der Waals surface area (Å²) in [6.45, 7) is 15.4. The second-order valence-electron chi connectivity index (χ2n) is 6.12. The third-order valence-corrected chi connectivity index (χ3v) is 4.43. The van der Waals surface area contributed by atoms with Crippen LogP contribution >= 0.6 is 0 Å². The second-order valence-corrected chi connectivity index (χ2v) is 6.12. The van der Waals surface area contributed by atoms with Gasteiger partial charge in [0.2, 0.25) is 5.90 Å². The highest BCUT2D eigenvalue weighted by molar-refractivity contribution is 5.80. The molecule has 1 saturated heterocycles. The summed E-state index contributed by atoms with van der Waals surface area (Å²) in [7, 11) is 0. The molecule has 0 amide bonds. The van der Waals surface area contributed by atoms with Gasteiger partial charge in [0, 0.05) is 6.54 Å². The molecule has 2 heterocycles. The maximum atomic E-state index is 5.94. The third kappa shape index (κ3) is 4.34. The van der Waals surface area contributed by atoms with Crippen molar-refractivity contribution in [3.63, 3.8) is 0 Å². The van der Waals surface area contributed by atoms with Gasteiger partial charge in [0.25, 0.3) is 0 Å². The Kier molecular flexibility index (Phi) is 5.85. The summed E-state index contributed by atoms with van der Waals surface area (Å²) in [4.78, 5) is 2.47. The molecular formula is C17H29N3O. The molecule has 0 aromatic heterocycles. The summed E-state index contributed by atoms with van der Waals surface area (Å²) in [5.41, 5.74) is 1.08. The molecule has 1 fully saturated rings. The lowest BCUT2D eigenvalue weighted by Gasteiger charge is -2.22. The van der Waals surface area contributed by atoms with E-state index in [4.69, 9.17) is 4.74 Å². The summed E-state index contributed by atoms with van der Waals surface area (Å²) >= 11 is 0. The molecular weight excluding hydrogens is 262 g/mol. The van der Waals surface area contributed by atoms with Gasteiger partial charge in [0.15, 0.2) is 0 Å². The molecule has 0 N–H and O–H groups in total. The predicted molar refractivity (Wildman–Crippen MR) is 88.3 cm³/mol. The van der Waals surface area contributed by atoms with Crippen LogP contribution in [0.3, 0.4) is 0 Å². The highest BCUT2D eigenvalue weighted by Gasteiger charge is 2.32. The van der Waals surface area contributed by atoms with Gasteiger partial charge in [0.05, 0.1) is 18.5 Å². The predicted octanol–water partition coefficient (Wildman–Crippen LogP) is 2.88. The number of hydrogen-bond acceptors (Lipinski definition) is 4. The maximum absolute atomic E-state index is 5.94. The Morgan fingerprint density at radius 3 is 2.76 bits per heavy atom. The van der Waals surface area contributed by atoms with Crippen molar-refractivity contribution in [1.29, 1.82) is 0 Å². The van der Waals surface area contributed by atoms with Gasteiger partial charge in [-0.1, -0.05) is 25.7 Å². The van der Waals surface area contributed by atoms with E-state index >= 15 is 0 Å². The van der Waals surface area contributed by atoms with Gasteiger partial charge in [-0.2, -0.15) is 0 Å². The zero-order valence-corrected chi connectivity index (χ0v) is 13.7. The van der Waals surface area contributed by atoms with Gasteiger partial charge in [-0.25, -0.2) is 0 Å². The Labute approximate surface area is 129 Å². The van der Waals surface area contributed by atoms with Crippen LogP contribution in [0.25, 0.3) is 0 Å². The van der Waals surface area contributed by atoms with E-state index in [9.17, 15) is 0 Å². The minimum absolute atomic E-state index is 0.349. The number of nitrogens with zero attached hydrogens (tertiary/aromatic N) is 3. The standard InChI is InChI=1S/C17H29N3O/c1-5-8-14(2)13-20-16(4)15(3)17(18-20)21-12-11-19-9-6-7-10-19/h5,8,15-16H,2,6-7,9-13H2,1,3-4H3. The second kappa shape index (κ2) is 7.64. The molecule has 118 valence electrons. The zero-order valence-electron chi connectivity index (χ0n) is 13.7. The van der Waals surface area contributed by atoms with Crippen LogP contribution in [-0.2, 0) is 4.74 Å². The average molecular weight is 291 g/mol. The Bertz CT molecular complexity index is 410.